The molecule has 0 saturated carbocycles. The van der Waals surface area contributed by atoms with Crippen molar-refractivity contribution in [2.24, 2.45) is 4.99 Å². The van der Waals surface area contributed by atoms with Crippen molar-refractivity contribution >= 4 is 40.7 Å². The topological polar surface area (TPSA) is 109 Å². The molecule has 0 bridgehead atoms. The van der Waals surface area contributed by atoms with Crippen LogP contribution in [-0.2, 0) is 11.5 Å². The number of amidine groups is 1. The van der Waals surface area contributed by atoms with Crippen LogP contribution >= 0.6 is 34.9 Å². The SMILES string of the molecule is Cc1[nH]cnc1CSCCNC(C[N+](=O)[O-])=NCCSCc1nccs1. The first-order chi connectivity index (χ1) is 12.6. The van der Waals surface area contributed by atoms with Crippen molar-refractivity contribution < 1.29 is 4.92 Å². The number of aliphatic imine (C=N–C) groups is 1. The molecule has 142 valence electrons. The molecule has 0 aliphatic rings. The smallest absolute Gasteiger partial charge is 0.259 e. The molecule has 0 aliphatic heterocycles. The molecule has 0 aliphatic carbocycles. The van der Waals surface area contributed by atoms with Gasteiger partial charge >= 0.3 is 0 Å². The van der Waals surface area contributed by atoms with Gasteiger partial charge in [0.25, 0.3) is 6.54 Å². The third-order valence-corrected chi connectivity index (χ3v) is 6.16. The van der Waals surface area contributed by atoms with Crippen LogP contribution < -0.4 is 5.32 Å². The number of H-pyrrole nitrogens is 1. The second-order valence-electron chi connectivity index (χ2n) is 5.25. The maximum Gasteiger partial charge on any atom is 0.259 e. The van der Waals surface area contributed by atoms with Crippen molar-refractivity contribution in [3.05, 3.63) is 44.4 Å². The van der Waals surface area contributed by atoms with Gasteiger partial charge in [-0.25, -0.2) is 9.97 Å². The Bertz CT molecular complexity index is 689. The average Bonchev–Trinajstić information content (AvgIpc) is 3.25. The highest BCUT2D eigenvalue weighted by Gasteiger charge is 2.07. The van der Waals surface area contributed by atoms with Gasteiger partial charge in [-0.3, -0.25) is 15.1 Å². The summed E-state index contributed by atoms with van der Waals surface area (Å²) in [7, 11) is 0. The van der Waals surface area contributed by atoms with E-state index in [9.17, 15) is 10.1 Å². The molecule has 2 aromatic rings. The fourth-order valence-corrected chi connectivity index (χ4v) is 4.39. The lowest BCUT2D eigenvalue weighted by atomic mass is 10.4. The zero-order chi connectivity index (χ0) is 18.6. The van der Waals surface area contributed by atoms with E-state index in [2.05, 4.69) is 25.3 Å². The Morgan fingerprint density at radius 3 is 2.92 bits per heavy atom. The first-order valence-electron chi connectivity index (χ1n) is 8.07. The Kier molecular flexibility index (Phi) is 9.50. The summed E-state index contributed by atoms with van der Waals surface area (Å²) in [6.45, 7) is 2.94. The number of hydrogen-bond acceptors (Lipinski definition) is 8. The minimum atomic E-state index is -0.352. The fourth-order valence-electron chi connectivity index (χ4n) is 1.98. The summed E-state index contributed by atoms with van der Waals surface area (Å²) in [5, 5.41) is 16.9. The van der Waals surface area contributed by atoms with Gasteiger partial charge in [0.05, 0.1) is 18.6 Å². The lowest BCUT2D eigenvalue weighted by Gasteiger charge is -2.07. The number of nitro groups is 1. The molecule has 0 amide bonds. The predicted octanol–water partition coefficient (Wildman–Crippen LogP) is 2.61. The van der Waals surface area contributed by atoms with E-state index in [0.717, 1.165) is 39.4 Å². The lowest BCUT2D eigenvalue weighted by Crippen LogP contribution is -2.32. The largest absolute Gasteiger partial charge is 0.368 e. The van der Waals surface area contributed by atoms with E-state index in [0.29, 0.717) is 18.9 Å². The first kappa shape index (κ1) is 20.7. The van der Waals surface area contributed by atoms with Gasteiger partial charge in [0.15, 0.2) is 5.84 Å². The van der Waals surface area contributed by atoms with Crippen LogP contribution in [0.4, 0.5) is 0 Å². The molecular weight excluding hydrogens is 392 g/mol. The van der Waals surface area contributed by atoms with Gasteiger partial charge in [-0.2, -0.15) is 23.5 Å². The molecule has 8 nitrogen and oxygen atoms in total. The Morgan fingerprint density at radius 1 is 1.38 bits per heavy atom. The predicted molar refractivity (Wildman–Crippen MR) is 110 cm³/mol. The zero-order valence-corrected chi connectivity index (χ0v) is 17.0. The van der Waals surface area contributed by atoms with E-state index in [1.807, 2.05) is 12.3 Å². The molecule has 0 atom stereocenters. The molecule has 0 unspecified atom stereocenters. The van der Waals surface area contributed by atoms with Crippen molar-refractivity contribution in [3.8, 4) is 0 Å². The number of aromatic amines is 1. The van der Waals surface area contributed by atoms with Crippen LogP contribution in [-0.4, -0.2) is 56.9 Å². The Hall–Kier alpha value is -1.59. The minimum Gasteiger partial charge on any atom is -0.368 e. The summed E-state index contributed by atoms with van der Waals surface area (Å²) < 4.78 is 0. The molecule has 2 aromatic heterocycles. The van der Waals surface area contributed by atoms with Crippen molar-refractivity contribution in [2.75, 3.05) is 31.1 Å². The van der Waals surface area contributed by atoms with Gasteiger partial charge in [-0.15, -0.1) is 11.3 Å². The molecule has 2 rings (SSSR count). The molecule has 2 N–H and O–H groups in total. The van der Waals surface area contributed by atoms with Crippen LogP contribution in [0.25, 0.3) is 0 Å². The van der Waals surface area contributed by atoms with E-state index in [1.54, 1.807) is 47.4 Å². The number of rotatable bonds is 12. The van der Waals surface area contributed by atoms with Crippen molar-refractivity contribution in [1.82, 2.24) is 20.3 Å². The van der Waals surface area contributed by atoms with E-state index in [1.165, 1.54) is 0 Å². The second kappa shape index (κ2) is 11.9. The summed E-state index contributed by atoms with van der Waals surface area (Å²) in [4.78, 5) is 26.3. The zero-order valence-electron chi connectivity index (χ0n) is 14.5. The highest BCUT2D eigenvalue weighted by Crippen LogP contribution is 2.14. The van der Waals surface area contributed by atoms with Crippen LogP contribution in [0.5, 0.6) is 0 Å². The van der Waals surface area contributed by atoms with Crippen LogP contribution in [0.2, 0.25) is 0 Å². The monoisotopic (exact) mass is 414 g/mol. The summed E-state index contributed by atoms with van der Waals surface area (Å²) in [5.74, 6) is 3.78. The van der Waals surface area contributed by atoms with Crippen LogP contribution in [0.15, 0.2) is 22.9 Å². The van der Waals surface area contributed by atoms with Crippen molar-refractivity contribution in [3.63, 3.8) is 0 Å². The van der Waals surface area contributed by atoms with Gasteiger partial charge < -0.3 is 10.3 Å². The van der Waals surface area contributed by atoms with Gasteiger partial charge in [0.1, 0.15) is 5.01 Å². The van der Waals surface area contributed by atoms with Crippen LogP contribution in [0, 0.1) is 17.0 Å². The standard InChI is InChI=1S/C15H22N6O2S3/c1-12-13(20-11-19-12)9-24-5-2-16-14(8-21(22)23)17-3-6-25-10-15-18-4-7-26-15/h4,7,11H,2-3,5-6,8-10H2,1H3,(H,16,17)(H,19,20). The summed E-state index contributed by atoms with van der Waals surface area (Å²) in [6.07, 6.45) is 3.49. The molecule has 26 heavy (non-hydrogen) atoms. The Balaban J connectivity index is 1.63. The molecule has 0 radical (unpaired) electrons. The number of hydrogen-bond donors (Lipinski definition) is 2. The fraction of sp³-hybridized carbons (Fsp3) is 0.533. The third kappa shape index (κ3) is 8.19. The molecule has 11 heteroatoms. The first-order valence-corrected chi connectivity index (χ1v) is 11.3. The number of aryl methyl sites for hydroxylation is 1. The number of imidazole rings is 1. The molecule has 0 saturated heterocycles. The highest BCUT2D eigenvalue weighted by atomic mass is 32.2. The second-order valence-corrected chi connectivity index (χ2v) is 8.44. The maximum atomic E-state index is 10.8. The van der Waals surface area contributed by atoms with Crippen LogP contribution in [0.1, 0.15) is 16.4 Å². The Morgan fingerprint density at radius 2 is 2.23 bits per heavy atom. The number of thioether (sulfide) groups is 2. The normalized spacial score (nSPS) is 11.7. The summed E-state index contributed by atoms with van der Waals surface area (Å²) >= 11 is 5.10. The Labute approximate surface area is 164 Å². The number of nitrogens with one attached hydrogen (secondary N) is 2. The minimum absolute atomic E-state index is 0.264. The van der Waals surface area contributed by atoms with Gasteiger partial charge in [0, 0.05) is 51.8 Å². The lowest BCUT2D eigenvalue weighted by molar-refractivity contribution is -0.463. The molecule has 0 spiro atoms. The van der Waals surface area contributed by atoms with E-state index in [-0.39, 0.29) is 11.5 Å². The van der Waals surface area contributed by atoms with Gasteiger partial charge in [0.2, 0.25) is 0 Å². The van der Waals surface area contributed by atoms with E-state index >= 15 is 0 Å². The highest BCUT2D eigenvalue weighted by molar-refractivity contribution is 7.98. The maximum absolute atomic E-state index is 10.8. The van der Waals surface area contributed by atoms with Crippen molar-refractivity contribution in [1.29, 1.82) is 0 Å². The summed E-state index contributed by atoms with van der Waals surface area (Å²) in [5.41, 5.74) is 2.13. The average molecular weight is 415 g/mol. The van der Waals surface area contributed by atoms with Crippen LogP contribution in [0.3, 0.4) is 0 Å². The molecular formula is C15H22N6O2S3. The number of aromatic nitrogens is 3. The molecule has 2 heterocycles. The quantitative estimate of drug-likeness (QED) is 0.181. The number of nitrogens with zero attached hydrogens (tertiary/aromatic N) is 4. The number of thiazole rings is 1. The van der Waals surface area contributed by atoms with Crippen molar-refractivity contribution in [2.45, 2.75) is 18.4 Å². The summed E-state index contributed by atoms with van der Waals surface area (Å²) in [6, 6.07) is 0. The van der Waals surface area contributed by atoms with Gasteiger partial charge in [-0.05, 0) is 6.92 Å². The molecule has 0 fully saturated rings. The van der Waals surface area contributed by atoms with E-state index < -0.39 is 0 Å². The van der Waals surface area contributed by atoms with Gasteiger partial charge in [-0.1, -0.05) is 0 Å². The third-order valence-electron chi connectivity index (χ3n) is 3.27. The van der Waals surface area contributed by atoms with E-state index in [4.69, 9.17) is 0 Å². The molecule has 0 aromatic carbocycles.